The number of hydrogen-bond acceptors (Lipinski definition) is 2. The zero-order chi connectivity index (χ0) is 6.85. The molecule has 0 fully saturated rings. The van der Waals surface area contributed by atoms with Gasteiger partial charge in [-0.05, 0) is 19.4 Å². The van der Waals surface area contributed by atoms with Crippen LogP contribution < -0.4 is 0 Å². The molecule has 0 aliphatic heterocycles. The molecule has 0 aliphatic rings. The topological polar surface area (TPSA) is 12.9 Å². The van der Waals surface area contributed by atoms with Crippen LogP contribution in [0.2, 0.25) is 0 Å². The second-order valence-electron chi connectivity index (χ2n) is 2.03. The van der Waals surface area contributed by atoms with Gasteiger partial charge < -0.3 is 0 Å². The normalized spacial score (nSPS) is 9.56. The number of aryl methyl sites for hydroxylation is 1. The smallest absolute Gasteiger partial charge is 0.0901 e. The van der Waals surface area contributed by atoms with E-state index in [9.17, 15) is 0 Å². The van der Waals surface area contributed by atoms with Crippen molar-refractivity contribution in [3.05, 3.63) is 22.7 Å². The molecule has 9 heavy (non-hydrogen) atoms. The molecule has 2 heteroatoms. The quantitative estimate of drug-likeness (QED) is 0.582. The van der Waals surface area contributed by atoms with E-state index in [1.807, 2.05) is 19.2 Å². The Hall–Kier alpha value is -0.630. The highest BCUT2D eigenvalue weighted by Gasteiger charge is 1.95. The number of thiazole rings is 1. The highest BCUT2D eigenvalue weighted by atomic mass is 32.1. The molecule has 1 aromatic heterocycles. The fourth-order valence-corrected chi connectivity index (χ4v) is 1.25. The van der Waals surface area contributed by atoms with Crippen LogP contribution in [0.15, 0.2) is 12.0 Å². The molecule has 0 amide bonds. The van der Waals surface area contributed by atoms with E-state index < -0.39 is 0 Å². The van der Waals surface area contributed by atoms with Gasteiger partial charge in [-0.15, -0.1) is 11.3 Å². The molecule has 0 spiro atoms. The summed E-state index contributed by atoms with van der Waals surface area (Å²) in [7, 11) is 0. The highest BCUT2D eigenvalue weighted by Crippen LogP contribution is 2.14. The second kappa shape index (κ2) is 2.31. The second-order valence-corrected chi connectivity index (χ2v) is 3.09. The SMILES string of the molecule is C=C(C)c1csc(C)n1. The van der Waals surface area contributed by atoms with Crippen molar-refractivity contribution >= 4 is 16.9 Å². The highest BCUT2D eigenvalue weighted by molar-refractivity contribution is 7.09. The van der Waals surface area contributed by atoms with Crippen LogP contribution in [-0.2, 0) is 0 Å². The molecule has 1 rings (SSSR count). The summed E-state index contributed by atoms with van der Waals surface area (Å²) in [5.41, 5.74) is 2.07. The number of nitrogens with zero attached hydrogens (tertiary/aromatic N) is 1. The summed E-state index contributed by atoms with van der Waals surface area (Å²) in [6, 6.07) is 0. The maximum atomic E-state index is 4.23. The monoisotopic (exact) mass is 139 g/mol. The predicted molar refractivity (Wildman–Crippen MR) is 41.6 cm³/mol. The molecule has 1 aromatic rings. The van der Waals surface area contributed by atoms with Gasteiger partial charge in [0, 0.05) is 5.38 Å². The summed E-state index contributed by atoms with van der Waals surface area (Å²) in [5, 5.41) is 3.13. The van der Waals surface area contributed by atoms with Crippen LogP contribution in [0.25, 0.3) is 5.57 Å². The van der Waals surface area contributed by atoms with E-state index in [4.69, 9.17) is 0 Å². The third-order valence-corrected chi connectivity index (χ3v) is 1.83. The molecule has 0 atom stereocenters. The lowest BCUT2D eigenvalue weighted by molar-refractivity contribution is 1.26. The van der Waals surface area contributed by atoms with E-state index in [1.54, 1.807) is 11.3 Å². The van der Waals surface area contributed by atoms with E-state index >= 15 is 0 Å². The number of rotatable bonds is 1. The largest absolute Gasteiger partial charge is 0.242 e. The first kappa shape index (κ1) is 6.49. The zero-order valence-electron chi connectivity index (χ0n) is 5.64. The van der Waals surface area contributed by atoms with Gasteiger partial charge in [-0.1, -0.05) is 6.58 Å². The van der Waals surface area contributed by atoms with Crippen LogP contribution in [0.1, 0.15) is 17.6 Å². The van der Waals surface area contributed by atoms with Crippen LogP contribution in [-0.4, -0.2) is 4.98 Å². The average Bonchev–Trinajstić information content (AvgIpc) is 2.14. The van der Waals surface area contributed by atoms with Gasteiger partial charge in [0.25, 0.3) is 0 Å². The molecule has 0 unspecified atom stereocenters. The summed E-state index contributed by atoms with van der Waals surface area (Å²) < 4.78 is 0. The van der Waals surface area contributed by atoms with E-state index in [1.165, 1.54) is 0 Å². The molecular formula is C7H9NS. The van der Waals surface area contributed by atoms with Crippen molar-refractivity contribution in [2.45, 2.75) is 13.8 Å². The lowest BCUT2D eigenvalue weighted by Crippen LogP contribution is -1.75. The molecule has 0 aromatic carbocycles. The lowest BCUT2D eigenvalue weighted by atomic mass is 10.3. The number of hydrogen-bond donors (Lipinski definition) is 0. The Labute approximate surface area is 59.1 Å². The first-order valence-electron chi connectivity index (χ1n) is 2.78. The molecule has 0 N–H and O–H groups in total. The summed E-state index contributed by atoms with van der Waals surface area (Å²) >= 11 is 1.66. The molecular weight excluding hydrogens is 130 g/mol. The van der Waals surface area contributed by atoms with Gasteiger partial charge in [0.15, 0.2) is 0 Å². The third-order valence-electron chi connectivity index (χ3n) is 1.06. The van der Waals surface area contributed by atoms with Gasteiger partial charge in [-0.25, -0.2) is 4.98 Å². The minimum atomic E-state index is 1.03. The summed E-state index contributed by atoms with van der Waals surface area (Å²) in [6.07, 6.45) is 0. The molecule has 1 nitrogen and oxygen atoms in total. The average molecular weight is 139 g/mol. The van der Waals surface area contributed by atoms with Gasteiger partial charge in [-0.2, -0.15) is 0 Å². The van der Waals surface area contributed by atoms with Crippen molar-refractivity contribution < 1.29 is 0 Å². The fourth-order valence-electron chi connectivity index (χ4n) is 0.559. The minimum Gasteiger partial charge on any atom is -0.242 e. The molecule has 48 valence electrons. The van der Waals surface area contributed by atoms with Crippen LogP contribution in [0, 0.1) is 6.92 Å². The van der Waals surface area contributed by atoms with Gasteiger partial charge in [0.2, 0.25) is 0 Å². The van der Waals surface area contributed by atoms with E-state index in [-0.39, 0.29) is 0 Å². The predicted octanol–water partition coefficient (Wildman–Crippen LogP) is 2.48. The molecule has 0 bridgehead atoms. The van der Waals surface area contributed by atoms with Crippen LogP contribution >= 0.6 is 11.3 Å². The Kier molecular flexibility index (Phi) is 1.67. The van der Waals surface area contributed by atoms with Gasteiger partial charge in [0.1, 0.15) is 0 Å². The first-order valence-corrected chi connectivity index (χ1v) is 3.66. The lowest BCUT2D eigenvalue weighted by Gasteiger charge is -1.86. The summed E-state index contributed by atoms with van der Waals surface area (Å²) in [5.74, 6) is 0. The maximum Gasteiger partial charge on any atom is 0.0901 e. The maximum absolute atomic E-state index is 4.23. The Morgan fingerprint density at radius 3 is 2.67 bits per heavy atom. The Balaban J connectivity index is 2.98. The molecule has 0 radical (unpaired) electrons. The van der Waals surface area contributed by atoms with E-state index in [0.717, 1.165) is 16.3 Å². The van der Waals surface area contributed by atoms with E-state index in [0.29, 0.717) is 0 Å². The van der Waals surface area contributed by atoms with Gasteiger partial charge in [0.05, 0.1) is 10.7 Å². The van der Waals surface area contributed by atoms with Crippen molar-refractivity contribution in [1.82, 2.24) is 4.98 Å². The van der Waals surface area contributed by atoms with Crippen LogP contribution in [0.3, 0.4) is 0 Å². The molecule has 1 heterocycles. The molecule has 0 saturated carbocycles. The fraction of sp³-hybridized carbons (Fsp3) is 0.286. The van der Waals surface area contributed by atoms with Crippen molar-refractivity contribution in [3.63, 3.8) is 0 Å². The Morgan fingerprint density at radius 2 is 2.44 bits per heavy atom. The van der Waals surface area contributed by atoms with Crippen molar-refractivity contribution in [2.24, 2.45) is 0 Å². The van der Waals surface area contributed by atoms with Crippen molar-refractivity contribution in [1.29, 1.82) is 0 Å². The van der Waals surface area contributed by atoms with E-state index in [2.05, 4.69) is 11.6 Å². The van der Waals surface area contributed by atoms with Crippen LogP contribution in [0.5, 0.6) is 0 Å². The molecule has 0 aliphatic carbocycles. The van der Waals surface area contributed by atoms with Crippen molar-refractivity contribution in [2.75, 3.05) is 0 Å². The van der Waals surface area contributed by atoms with Crippen LogP contribution in [0.4, 0.5) is 0 Å². The Bertz CT molecular complexity index is 225. The minimum absolute atomic E-state index is 1.03. The standard InChI is InChI=1S/C7H9NS/c1-5(2)7-4-9-6(3)8-7/h4H,1H2,2-3H3. The zero-order valence-corrected chi connectivity index (χ0v) is 6.46. The van der Waals surface area contributed by atoms with Crippen molar-refractivity contribution in [3.8, 4) is 0 Å². The Morgan fingerprint density at radius 1 is 1.78 bits per heavy atom. The first-order chi connectivity index (χ1) is 4.20. The third kappa shape index (κ3) is 1.39. The van der Waals surface area contributed by atoms with Gasteiger partial charge >= 0.3 is 0 Å². The van der Waals surface area contributed by atoms with Gasteiger partial charge in [-0.3, -0.25) is 0 Å². The summed E-state index contributed by atoms with van der Waals surface area (Å²) in [6.45, 7) is 7.75. The number of allylic oxidation sites excluding steroid dienone is 1. The summed E-state index contributed by atoms with van der Waals surface area (Å²) in [4.78, 5) is 4.23. The number of aromatic nitrogens is 1. The molecule has 0 saturated heterocycles.